The van der Waals surface area contributed by atoms with Gasteiger partial charge >= 0.3 is 0 Å². The van der Waals surface area contributed by atoms with E-state index in [1.54, 1.807) is 6.08 Å². The number of ether oxygens (including phenoxy) is 5. The van der Waals surface area contributed by atoms with Crippen molar-refractivity contribution >= 4 is 5.91 Å². The van der Waals surface area contributed by atoms with E-state index in [-0.39, 0.29) is 44.9 Å². The molecule has 0 radical (unpaired) electrons. The number of carbonyl (C=O) groups excluding carboxylic acids is 1. The summed E-state index contributed by atoms with van der Waals surface area (Å²) in [5.41, 5.74) is 3.02. The molecule has 1 saturated heterocycles. The van der Waals surface area contributed by atoms with E-state index < -0.39 is 30.6 Å². The van der Waals surface area contributed by atoms with Crippen LogP contribution in [0.5, 0.6) is 0 Å². The van der Waals surface area contributed by atoms with Gasteiger partial charge < -0.3 is 34.1 Å². The quantitative estimate of drug-likeness (QED) is 0.0636. The zero-order chi connectivity index (χ0) is 36.6. The fourth-order valence-corrected chi connectivity index (χ4v) is 6.61. The van der Waals surface area contributed by atoms with Crippen molar-refractivity contribution in [1.82, 2.24) is 5.32 Å². The van der Waals surface area contributed by atoms with Crippen LogP contribution in [0.2, 0.25) is 0 Å². The van der Waals surface area contributed by atoms with E-state index in [9.17, 15) is 9.90 Å². The van der Waals surface area contributed by atoms with Gasteiger partial charge in [0.2, 0.25) is 5.91 Å². The van der Waals surface area contributed by atoms with Crippen LogP contribution >= 0.6 is 0 Å². The Balaban J connectivity index is 1.48. The molecular formula is C44H61NO7. The van der Waals surface area contributed by atoms with Gasteiger partial charge in [0.25, 0.3) is 0 Å². The van der Waals surface area contributed by atoms with Crippen LogP contribution in [0.1, 0.15) is 94.2 Å². The summed E-state index contributed by atoms with van der Waals surface area (Å²) in [7, 11) is 0. The molecule has 1 heterocycles. The summed E-state index contributed by atoms with van der Waals surface area (Å²) in [6.07, 6.45) is 10.4. The van der Waals surface area contributed by atoms with E-state index in [4.69, 9.17) is 23.7 Å². The molecule has 6 atom stereocenters. The largest absolute Gasteiger partial charge is 0.394 e. The maximum Gasteiger partial charge on any atom is 0.223 e. The van der Waals surface area contributed by atoms with Crippen molar-refractivity contribution in [3.05, 3.63) is 120 Å². The Morgan fingerprint density at radius 1 is 0.750 bits per heavy atom. The number of hydrogen-bond donors (Lipinski definition) is 2. The van der Waals surface area contributed by atoms with Gasteiger partial charge in [-0.05, 0) is 23.1 Å². The molecular weight excluding hydrogens is 654 g/mol. The summed E-state index contributed by atoms with van der Waals surface area (Å²) in [5, 5.41) is 13.7. The van der Waals surface area contributed by atoms with Gasteiger partial charge in [0.05, 0.1) is 45.6 Å². The molecule has 1 aliphatic rings. The summed E-state index contributed by atoms with van der Waals surface area (Å²) in [6, 6.07) is 29.0. The molecule has 3 aromatic rings. The van der Waals surface area contributed by atoms with E-state index in [1.165, 1.54) is 44.9 Å². The smallest absolute Gasteiger partial charge is 0.223 e. The van der Waals surface area contributed by atoms with Gasteiger partial charge in [-0.1, -0.05) is 162 Å². The highest BCUT2D eigenvalue weighted by Crippen LogP contribution is 2.29. The first-order valence-electron chi connectivity index (χ1n) is 19.4. The van der Waals surface area contributed by atoms with Crippen molar-refractivity contribution in [3.8, 4) is 0 Å². The lowest BCUT2D eigenvalue weighted by Gasteiger charge is -2.46. The SMILES string of the molecule is C=CCO[C@H]1O[C@H](CO)[C@@H](OCc2ccccc2)[C@H](OCc2ccccc2)[C@@H]1NC(=O)C[C@@H](CCCCCCCCCCC)OCc1ccccc1. The minimum absolute atomic E-state index is 0.179. The van der Waals surface area contributed by atoms with Crippen LogP contribution in [0.4, 0.5) is 0 Å². The van der Waals surface area contributed by atoms with Crippen molar-refractivity contribution in [1.29, 1.82) is 0 Å². The number of aliphatic hydroxyl groups is 1. The normalized spacial score (nSPS) is 20.7. The molecule has 0 aliphatic carbocycles. The first-order valence-corrected chi connectivity index (χ1v) is 19.4. The second kappa shape index (κ2) is 24.8. The van der Waals surface area contributed by atoms with Gasteiger partial charge in [0.1, 0.15) is 24.4 Å². The highest BCUT2D eigenvalue weighted by molar-refractivity contribution is 5.77. The maximum absolute atomic E-state index is 14.0. The van der Waals surface area contributed by atoms with Crippen molar-refractivity contribution < 1.29 is 33.6 Å². The highest BCUT2D eigenvalue weighted by atomic mass is 16.7. The predicted molar refractivity (Wildman–Crippen MR) is 205 cm³/mol. The lowest BCUT2D eigenvalue weighted by molar-refractivity contribution is -0.285. The Kier molecular flexibility index (Phi) is 19.7. The second-order valence-corrected chi connectivity index (χ2v) is 13.7. The lowest BCUT2D eigenvalue weighted by atomic mass is 9.95. The molecule has 0 spiro atoms. The Bertz CT molecular complexity index is 1360. The molecule has 0 bridgehead atoms. The van der Waals surface area contributed by atoms with Gasteiger partial charge in [0, 0.05) is 0 Å². The number of nitrogens with one attached hydrogen (secondary N) is 1. The first-order chi connectivity index (χ1) is 25.6. The molecule has 284 valence electrons. The van der Waals surface area contributed by atoms with Crippen LogP contribution in [0.3, 0.4) is 0 Å². The van der Waals surface area contributed by atoms with Crippen molar-refractivity contribution in [3.63, 3.8) is 0 Å². The Hall–Kier alpha value is -3.37. The maximum atomic E-state index is 14.0. The number of hydrogen-bond acceptors (Lipinski definition) is 7. The third-order valence-corrected chi connectivity index (χ3v) is 9.47. The van der Waals surface area contributed by atoms with Crippen molar-refractivity contribution in [2.45, 2.75) is 134 Å². The van der Waals surface area contributed by atoms with E-state index in [1.807, 2.05) is 91.0 Å². The van der Waals surface area contributed by atoms with E-state index >= 15 is 0 Å². The Morgan fingerprint density at radius 3 is 1.81 bits per heavy atom. The standard InChI is InChI=1S/C44H61NO7/c1-3-5-6-7-8-9-10-11-21-28-38(49-32-35-22-15-12-16-23-35)30-40(47)45-41-43(51-34-37-26-19-14-20-27-37)42(50-33-36-24-17-13-18-25-36)39(31-46)52-44(41)48-29-4-2/h4,12-20,22-27,38-39,41-44,46H,2-3,5-11,21,28-34H2,1H3,(H,45,47)/t38-,39-,41+,42-,43-,44+/m1/s1. The minimum atomic E-state index is -0.905. The lowest BCUT2D eigenvalue weighted by Crippen LogP contribution is -2.66. The van der Waals surface area contributed by atoms with Crippen LogP contribution in [0.25, 0.3) is 0 Å². The van der Waals surface area contributed by atoms with E-state index in [2.05, 4.69) is 18.8 Å². The van der Waals surface area contributed by atoms with Crippen LogP contribution < -0.4 is 5.32 Å². The zero-order valence-electron chi connectivity index (χ0n) is 31.1. The third-order valence-electron chi connectivity index (χ3n) is 9.47. The molecule has 8 nitrogen and oxygen atoms in total. The van der Waals surface area contributed by atoms with Gasteiger partial charge in [-0.25, -0.2) is 0 Å². The number of amides is 1. The Labute approximate surface area is 311 Å². The molecule has 1 fully saturated rings. The minimum Gasteiger partial charge on any atom is -0.394 e. The number of benzene rings is 3. The van der Waals surface area contributed by atoms with Crippen LogP contribution in [-0.4, -0.2) is 61.0 Å². The van der Waals surface area contributed by atoms with Crippen molar-refractivity contribution in [2.75, 3.05) is 13.2 Å². The summed E-state index contributed by atoms with van der Waals surface area (Å²) < 4.78 is 31.8. The topological polar surface area (TPSA) is 95.5 Å². The summed E-state index contributed by atoms with van der Waals surface area (Å²) in [6.45, 7) is 6.92. The summed E-state index contributed by atoms with van der Waals surface area (Å²) in [4.78, 5) is 14.0. The van der Waals surface area contributed by atoms with Gasteiger partial charge in [-0.2, -0.15) is 0 Å². The number of carbonyl (C=O) groups is 1. The van der Waals surface area contributed by atoms with Crippen molar-refractivity contribution in [2.24, 2.45) is 0 Å². The molecule has 52 heavy (non-hydrogen) atoms. The Morgan fingerprint density at radius 2 is 1.27 bits per heavy atom. The fraction of sp³-hybridized carbons (Fsp3) is 0.523. The molecule has 8 heteroatoms. The average Bonchev–Trinajstić information content (AvgIpc) is 3.18. The molecule has 0 aromatic heterocycles. The third kappa shape index (κ3) is 14.9. The van der Waals surface area contributed by atoms with Gasteiger partial charge in [0.15, 0.2) is 6.29 Å². The molecule has 3 aromatic carbocycles. The van der Waals surface area contributed by atoms with Crippen LogP contribution in [0, 0.1) is 0 Å². The first kappa shape index (κ1) is 41.4. The number of rotatable bonds is 26. The fourth-order valence-electron chi connectivity index (χ4n) is 6.61. The molecule has 0 saturated carbocycles. The van der Waals surface area contributed by atoms with E-state index in [0.29, 0.717) is 6.61 Å². The second-order valence-electron chi connectivity index (χ2n) is 13.7. The van der Waals surface area contributed by atoms with Crippen LogP contribution in [0.15, 0.2) is 104 Å². The van der Waals surface area contributed by atoms with Gasteiger partial charge in [-0.15, -0.1) is 6.58 Å². The molecule has 2 N–H and O–H groups in total. The number of unbranched alkanes of at least 4 members (excludes halogenated alkanes) is 8. The van der Waals surface area contributed by atoms with E-state index in [0.717, 1.165) is 36.0 Å². The molecule has 0 unspecified atom stereocenters. The predicted octanol–water partition coefficient (Wildman–Crippen LogP) is 8.46. The average molecular weight is 716 g/mol. The molecule has 1 amide bonds. The zero-order valence-corrected chi connectivity index (χ0v) is 31.1. The molecule has 4 rings (SSSR count). The van der Waals surface area contributed by atoms with Gasteiger partial charge in [-0.3, -0.25) is 4.79 Å². The van der Waals surface area contributed by atoms with Crippen LogP contribution in [-0.2, 0) is 48.3 Å². The monoisotopic (exact) mass is 715 g/mol. The summed E-state index contributed by atoms with van der Waals surface area (Å²) >= 11 is 0. The highest BCUT2D eigenvalue weighted by Gasteiger charge is 2.48. The number of aliphatic hydroxyl groups excluding tert-OH is 1. The molecule has 1 aliphatic heterocycles. The summed E-state index contributed by atoms with van der Waals surface area (Å²) in [5.74, 6) is -0.188.